The summed E-state index contributed by atoms with van der Waals surface area (Å²) >= 11 is 1.71. The number of imidazole rings is 1. The predicted octanol–water partition coefficient (Wildman–Crippen LogP) is 4.24. The lowest BCUT2D eigenvalue weighted by Crippen LogP contribution is -1.84. The minimum atomic E-state index is 0.833. The van der Waals surface area contributed by atoms with Crippen LogP contribution >= 0.6 is 11.3 Å². The van der Waals surface area contributed by atoms with E-state index in [4.69, 9.17) is 4.98 Å². The molecule has 2 aromatic carbocycles. The molecule has 6 heteroatoms. The SMILES string of the molecule is Cn1cc(-c2nc3ccc(-c4nc5ccccc5s4)cc3[nH]2)cn1. The lowest BCUT2D eigenvalue weighted by Gasteiger charge is -1.95. The van der Waals surface area contributed by atoms with E-state index in [-0.39, 0.29) is 0 Å². The highest BCUT2D eigenvalue weighted by Crippen LogP contribution is 2.31. The van der Waals surface area contributed by atoms with Gasteiger partial charge < -0.3 is 4.98 Å². The number of nitrogens with zero attached hydrogens (tertiary/aromatic N) is 4. The van der Waals surface area contributed by atoms with Crippen molar-refractivity contribution in [1.29, 1.82) is 0 Å². The summed E-state index contributed by atoms with van der Waals surface area (Å²) in [6.45, 7) is 0. The van der Waals surface area contributed by atoms with Crippen molar-refractivity contribution in [3.63, 3.8) is 0 Å². The van der Waals surface area contributed by atoms with Gasteiger partial charge in [-0.2, -0.15) is 5.10 Å². The van der Waals surface area contributed by atoms with Gasteiger partial charge in [-0.05, 0) is 30.3 Å². The minimum Gasteiger partial charge on any atom is -0.338 e. The monoisotopic (exact) mass is 331 g/mol. The van der Waals surface area contributed by atoms with Crippen LogP contribution in [0.25, 0.3) is 43.2 Å². The molecule has 0 aliphatic carbocycles. The highest BCUT2D eigenvalue weighted by atomic mass is 32.1. The Balaban J connectivity index is 1.62. The normalized spacial score (nSPS) is 11.5. The van der Waals surface area contributed by atoms with Crippen molar-refractivity contribution >= 4 is 32.6 Å². The van der Waals surface area contributed by atoms with Gasteiger partial charge in [-0.1, -0.05) is 12.1 Å². The molecule has 0 atom stereocenters. The van der Waals surface area contributed by atoms with Gasteiger partial charge in [0.2, 0.25) is 0 Å². The summed E-state index contributed by atoms with van der Waals surface area (Å²) in [6.07, 6.45) is 3.76. The van der Waals surface area contributed by atoms with E-state index in [2.05, 4.69) is 33.3 Å². The van der Waals surface area contributed by atoms with Crippen LogP contribution in [0.5, 0.6) is 0 Å². The van der Waals surface area contributed by atoms with Crippen molar-refractivity contribution in [3.8, 4) is 22.0 Å². The molecule has 0 amide bonds. The van der Waals surface area contributed by atoms with E-state index in [0.717, 1.165) is 38.5 Å². The van der Waals surface area contributed by atoms with Gasteiger partial charge in [0, 0.05) is 18.8 Å². The number of rotatable bonds is 2. The fourth-order valence-electron chi connectivity index (χ4n) is 2.82. The van der Waals surface area contributed by atoms with E-state index in [1.54, 1.807) is 16.0 Å². The Kier molecular flexibility index (Phi) is 2.80. The number of aromatic amines is 1. The zero-order valence-corrected chi connectivity index (χ0v) is 13.7. The van der Waals surface area contributed by atoms with Crippen LogP contribution in [0, 0.1) is 0 Å². The summed E-state index contributed by atoms with van der Waals surface area (Å²) in [5.74, 6) is 0.833. The highest BCUT2D eigenvalue weighted by molar-refractivity contribution is 7.21. The number of hydrogen-bond acceptors (Lipinski definition) is 4. The lowest BCUT2D eigenvalue weighted by atomic mass is 10.2. The quantitative estimate of drug-likeness (QED) is 0.526. The molecule has 24 heavy (non-hydrogen) atoms. The number of nitrogens with one attached hydrogen (secondary N) is 1. The van der Waals surface area contributed by atoms with Crippen molar-refractivity contribution in [2.45, 2.75) is 0 Å². The molecular weight excluding hydrogens is 318 g/mol. The number of benzene rings is 2. The third-order valence-electron chi connectivity index (χ3n) is 4.00. The Bertz CT molecular complexity index is 1150. The number of para-hydroxylation sites is 1. The van der Waals surface area contributed by atoms with Crippen LogP contribution in [-0.4, -0.2) is 24.7 Å². The first-order chi connectivity index (χ1) is 11.8. The maximum atomic E-state index is 4.73. The zero-order chi connectivity index (χ0) is 16.1. The molecule has 5 rings (SSSR count). The number of aryl methyl sites for hydroxylation is 1. The molecule has 0 bridgehead atoms. The summed E-state index contributed by atoms with van der Waals surface area (Å²) < 4.78 is 2.97. The van der Waals surface area contributed by atoms with E-state index >= 15 is 0 Å². The van der Waals surface area contributed by atoms with E-state index in [1.807, 2.05) is 43.7 Å². The molecule has 3 heterocycles. The summed E-state index contributed by atoms with van der Waals surface area (Å²) in [5, 5.41) is 5.22. The fourth-order valence-corrected chi connectivity index (χ4v) is 3.78. The summed E-state index contributed by atoms with van der Waals surface area (Å²) in [7, 11) is 1.90. The second kappa shape index (κ2) is 5.01. The first-order valence-corrected chi connectivity index (χ1v) is 8.43. The Labute approximate surface area is 141 Å². The number of aromatic nitrogens is 5. The number of thiazole rings is 1. The molecule has 0 unspecified atom stereocenters. The number of H-pyrrole nitrogens is 1. The second-order valence-electron chi connectivity index (χ2n) is 5.71. The van der Waals surface area contributed by atoms with Gasteiger partial charge in [0.15, 0.2) is 0 Å². The van der Waals surface area contributed by atoms with Gasteiger partial charge in [0.1, 0.15) is 10.8 Å². The third-order valence-corrected chi connectivity index (χ3v) is 5.09. The van der Waals surface area contributed by atoms with Gasteiger partial charge in [0.25, 0.3) is 0 Å². The van der Waals surface area contributed by atoms with Crippen molar-refractivity contribution in [1.82, 2.24) is 24.7 Å². The molecule has 116 valence electrons. The average molecular weight is 331 g/mol. The molecule has 0 fully saturated rings. The molecule has 0 aliphatic heterocycles. The smallest absolute Gasteiger partial charge is 0.141 e. The van der Waals surface area contributed by atoms with Crippen molar-refractivity contribution < 1.29 is 0 Å². The molecule has 5 aromatic rings. The number of fused-ring (bicyclic) bond motifs is 2. The molecule has 0 saturated carbocycles. The standard InChI is InChI=1S/C18H13N5S/c1-23-10-12(9-19-23)17-20-13-7-6-11(8-15(13)21-17)18-22-14-4-2-3-5-16(14)24-18/h2-10H,1H3,(H,20,21). The van der Waals surface area contributed by atoms with Gasteiger partial charge >= 0.3 is 0 Å². The minimum absolute atomic E-state index is 0.833. The maximum Gasteiger partial charge on any atom is 0.141 e. The topological polar surface area (TPSA) is 59.4 Å². The largest absolute Gasteiger partial charge is 0.338 e. The third kappa shape index (κ3) is 2.11. The number of hydrogen-bond donors (Lipinski definition) is 1. The fraction of sp³-hybridized carbons (Fsp3) is 0.0556. The van der Waals surface area contributed by atoms with E-state index in [0.29, 0.717) is 0 Å². The molecular formula is C18H13N5S. The van der Waals surface area contributed by atoms with Crippen molar-refractivity contribution in [2.75, 3.05) is 0 Å². The summed E-state index contributed by atoms with van der Waals surface area (Å²) in [6, 6.07) is 14.4. The molecule has 0 aliphatic rings. The maximum absolute atomic E-state index is 4.73. The van der Waals surface area contributed by atoms with Crippen LogP contribution < -0.4 is 0 Å². The molecule has 0 radical (unpaired) electrons. The second-order valence-corrected chi connectivity index (χ2v) is 6.74. The van der Waals surface area contributed by atoms with Gasteiger partial charge in [-0.25, -0.2) is 9.97 Å². The van der Waals surface area contributed by atoms with E-state index < -0.39 is 0 Å². The first-order valence-electron chi connectivity index (χ1n) is 7.61. The Morgan fingerprint density at radius 2 is 1.92 bits per heavy atom. The van der Waals surface area contributed by atoms with Crippen LogP contribution in [0.2, 0.25) is 0 Å². The van der Waals surface area contributed by atoms with Crippen LogP contribution in [0.3, 0.4) is 0 Å². The molecule has 1 N–H and O–H groups in total. The Morgan fingerprint density at radius 3 is 2.75 bits per heavy atom. The zero-order valence-electron chi connectivity index (χ0n) is 12.9. The van der Waals surface area contributed by atoms with Crippen LogP contribution in [0.4, 0.5) is 0 Å². The van der Waals surface area contributed by atoms with Gasteiger partial charge in [-0.15, -0.1) is 11.3 Å². The summed E-state index contributed by atoms with van der Waals surface area (Å²) in [4.78, 5) is 12.8. The van der Waals surface area contributed by atoms with Crippen molar-refractivity contribution in [3.05, 3.63) is 54.9 Å². The van der Waals surface area contributed by atoms with E-state index in [1.165, 1.54) is 4.70 Å². The van der Waals surface area contributed by atoms with Gasteiger partial charge in [0.05, 0.1) is 33.0 Å². The van der Waals surface area contributed by atoms with E-state index in [9.17, 15) is 0 Å². The Morgan fingerprint density at radius 1 is 1.00 bits per heavy atom. The van der Waals surface area contributed by atoms with Crippen LogP contribution in [-0.2, 0) is 7.05 Å². The van der Waals surface area contributed by atoms with Crippen LogP contribution in [0.1, 0.15) is 0 Å². The average Bonchev–Trinajstić information content (AvgIpc) is 3.30. The highest BCUT2D eigenvalue weighted by Gasteiger charge is 2.10. The predicted molar refractivity (Wildman–Crippen MR) is 96.9 cm³/mol. The summed E-state index contributed by atoms with van der Waals surface area (Å²) in [5.41, 5.74) is 5.07. The van der Waals surface area contributed by atoms with Crippen molar-refractivity contribution in [2.24, 2.45) is 7.05 Å². The lowest BCUT2D eigenvalue weighted by molar-refractivity contribution is 0.768. The Hall–Kier alpha value is -2.99. The van der Waals surface area contributed by atoms with Gasteiger partial charge in [-0.3, -0.25) is 4.68 Å². The van der Waals surface area contributed by atoms with Crippen LogP contribution in [0.15, 0.2) is 54.9 Å². The molecule has 0 spiro atoms. The molecule has 5 nitrogen and oxygen atoms in total. The molecule has 0 saturated heterocycles. The first kappa shape index (κ1) is 13.4. The molecule has 3 aromatic heterocycles.